The Balaban J connectivity index is 2.18. The van der Waals surface area contributed by atoms with Crippen molar-refractivity contribution < 1.29 is 9.84 Å². The molecule has 0 spiro atoms. The summed E-state index contributed by atoms with van der Waals surface area (Å²) in [6.07, 6.45) is -0.207. The second-order valence-electron chi connectivity index (χ2n) is 4.46. The van der Waals surface area contributed by atoms with E-state index in [1.165, 1.54) is 0 Å². The highest BCUT2D eigenvalue weighted by Crippen LogP contribution is 2.30. The summed E-state index contributed by atoms with van der Waals surface area (Å²) < 4.78 is 6.03. The summed E-state index contributed by atoms with van der Waals surface area (Å²) in [7, 11) is 1.61. The molecule has 0 aliphatic rings. The minimum atomic E-state index is -0.674. The molecule has 3 N–H and O–H groups in total. The third-order valence-corrected chi connectivity index (χ3v) is 3.91. The van der Waals surface area contributed by atoms with Crippen LogP contribution in [0.1, 0.15) is 17.2 Å². The predicted octanol–water partition coefficient (Wildman–Crippen LogP) is 3.97. The molecule has 0 fully saturated rings. The number of halogens is 2. The van der Waals surface area contributed by atoms with Crippen LogP contribution in [0.4, 0.5) is 5.69 Å². The lowest BCUT2D eigenvalue weighted by molar-refractivity contribution is 0.179. The van der Waals surface area contributed by atoms with Crippen molar-refractivity contribution in [1.82, 2.24) is 0 Å². The highest BCUT2D eigenvalue weighted by molar-refractivity contribution is 9.10. The van der Waals surface area contributed by atoms with Crippen molar-refractivity contribution in [2.24, 2.45) is 0 Å². The Labute approximate surface area is 131 Å². The van der Waals surface area contributed by atoms with Gasteiger partial charge in [0.25, 0.3) is 0 Å². The maximum Gasteiger partial charge on any atom is 0.133 e. The number of hydrogen-bond acceptors (Lipinski definition) is 3. The summed E-state index contributed by atoms with van der Waals surface area (Å²) in [4.78, 5) is 0. The lowest BCUT2D eigenvalue weighted by atomic mass is 10.00. The van der Waals surface area contributed by atoms with E-state index in [-0.39, 0.29) is 0 Å². The highest BCUT2D eigenvalue weighted by atomic mass is 79.9. The molecular formula is C15H15BrClNO2. The fourth-order valence-electron chi connectivity index (χ4n) is 2.02. The lowest BCUT2D eigenvalue weighted by Gasteiger charge is -2.14. The van der Waals surface area contributed by atoms with Crippen LogP contribution in [-0.2, 0) is 6.42 Å². The zero-order valence-corrected chi connectivity index (χ0v) is 13.3. The Morgan fingerprint density at radius 1 is 1.30 bits per heavy atom. The monoisotopic (exact) mass is 355 g/mol. The number of methoxy groups -OCH3 is 1. The maximum atomic E-state index is 10.3. The number of anilines is 1. The summed E-state index contributed by atoms with van der Waals surface area (Å²) in [6.45, 7) is 0. The number of rotatable bonds is 4. The first kappa shape index (κ1) is 15.2. The predicted molar refractivity (Wildman–Crippen MR) is 85.2 cm³/mol. The van der Waals surface area contributed by atoms with Crippen LogP contribution in [0.3, 0.4) is 0 Å². The van der Waals surface area contributed by atoms with Crippen molar-refractivity contribution in [3.8, 4) is 5.75 Å². The summed E-state index contributed by atoms with van der Waals surface area (Å²) >= 11 is 9.28. The van der Waals surface area contributed by atoms with Crippen molar-refractivity contribution >= 4 is 33.2 Å². The van der Waals surface area contributed by atoms with Gasteiger partial charge in [-0.25, -0.2) is 0 Å². The van der Waals surface area contributed by atoms with Crippen molar-refractivity contribution in [2.45, 2.75) is 12.5 Å². The lowest BCUT2D eigenvalue weighted by Crippen LogP contribution is -2.05. The van der Waals surface area contributed by atoms with E-state index in [1.54, 1.807) is 25.3 Å². The number of aliphatic hydroxyl groups excluding tert-OH is 1. The number of hydrogen-bond donors (Lipinski definition) is 2. The van der Waals surface area contributed by atoms with E-state index >= 15 is 0 Å². The third-order valence-electron chi connectivity index (χ3n) is 3.05. The first-order valence-electron chi connectivity index (χ1n) is 6.06. The smallest absolute Gasteiger partial charge is 0.133 e. The van der Waals surface area contributed by atoms with Gasteiger partial charge in [0.15, 0.2) is 0 Å². The Kier molecular flexibility index (Phi) is 4.91. The standard InChI is InChI=1S/C15H15BrClNO2/c1-20-15-5-2-9(6-12(15)16)7-14(19)11-4-3-10(17)8-13(11)18/h2-6,8,14,19H,7,18H2,1H3. The number of aliphatic hydroxyl groups is 1. The summed E-state index contributed by atoms with van der Waals surface area (Å²) in [6, 6.07) is 10.8. The first-order chi connectivity index (χ1) is 9.51. The third kappa shape index (κ3) is 3.45. The molecule has 2 aromatic carbocycles. The fourth-order valence-corrected chi connectivity index (χ4v) is 2.79. The van der Waals surface area contributed by atoms with Gasteiger partial charge in [-0.15, -0.1) is 0 Å². The average Bonchev–Trinajstić information content (AvgIpc) is 2.38. The summed E-state index contributed by atoms with van der Waals surface area (Å²) in [5, 5.41) is 10.9. The quantitative estimate of drug-likeness (QED) is 0.815. The normalized spacial score (nSPS) is 12.2. The Morgan fingerprint density at radius 3 is 2.65 bits per heavy atom. The molecule has 0 saturated heterocycles. The minimum Gasteiger partial charge on any atom is -0.496 e. The van der Waals surface area contributed by atoms with Crippen LogP contribution < -0.4 is 10.5 Å². The van der Waals surface area contributed by atoms with Gasteiger partial charge >= 0.3 is 0 Å². The summed E-state index contributed by atoms with van der Waals surface area (Å²) in [5.41, 5.74) is 8.04. The van der Waals surface area contributed by atoms with Gasteiger partial charge in [-0.05, 0) is 45.8 Å². The van der Waals surface area contributed by atoms with Crippen molar-refractivity contribution in [1.29, 1.82) is 0 Å². The largest absolute Gasteiger partial charge is 0.496 e. The van der Waals surface area contributed by atoms with E-state index < -0.39 is 6.10 Å². The number of nitrogen functional groups attached to an aromatic ring is 1. The molecule has 3 nitrogen and oxygen atoms in total. The molecule has 5 heteroatoms. The number of benzene rings is 2. The molecule has 0 aliphatic carbocycles. The molecule has 2 rings (SSSR count). The van der Waals surface area contributed by atoms with E-state index in [9.17, 15) is 5.11 Å². The SMILES string of the molecule is COc1ccc(CC(O)c2ccc(Cl)cc2N)cc1Br. The van der Waals surface area contributed by atoms with Gasteiger partial charge < -0.3 is 15.6 Å². The van der Waals surface area contributed by atoms with Crippen LogP contribution in [0.15, 0.2) is 40.9 Å². The van der Waals surface area contributed by atoms with Crippen LogP contribution >= 0.6 is 27.5 Å². The molecule has 20 heavy (non-hydrogen) atoms. The van der Waals surface area contributed by atoms with E-state index in [0.29, 0.717) is 22.7 Å². The molecule has 0 aliphatic heterocycles. The minimum absolute atomic E-state index is 0.467. The molecule has 0 amide bonds. The van der Waals surface area contributed by atoms with Gasteiger partial charge in [0.1, 0.15) is 5.75 Å². The molecule has 0 radical (unpaired) electrons. The average molecular weight is 357 g/mol. The Morgan fingerprint density at radius 2 is 2.05 bits per heavy atom. The molecule has 0 saturated carbocycles. The number of ether oxygens (including phenoxy) is 1. The van der Waals surface area contributed by atoms with Crippen LogP contribution in [0.5, 0.6) is 5.75 Å². The first-order valence-corrected chi connectivity index (χ1v) is 7.23. The summed E-state index contributed by atoms with van der Waals surface area (Å²) in [5.74, 6) is 0.759. The Bertz CT molecular complexity index is 619. The topological polar surface area (TPSA) is 55.5 Å². The molecule has 0 heterocycles. The van der Waals surface area contributed by atoms with Crippen molar-refractivity contribution in [2.75, 3.05) is 12.8 Å². The van der Waals surface area contributed by atoms with Crippen LogP contribution in [0, 0.1) is 0 Å². The second-order valence-corrected chi connectivity index (χ2v) is 5.75. The fraction of sp³-hybridized carbons (Fsp3) is 0.200. The van der Waals surface area contributed by atoms with E-state index in [2.05, 4.69) is 15.9 Å². The zero-order valence-electron chi connectivity index (χ0n) is 10.9. The molecule has 2 aromatic rings. The molecule has 1 atom stereocenters. The van der Waals surface area contributed by atoms with E-state index in [4.69, 9.17) is 22.1 Å². The molecule has 1 unspecified atom stereocenters. The second kappa shape index (κ2) is 6.48. The van der Waals surface area contributed by atoms with Gasteiger partial charge in [0.05, 0.1) is 17.7 Å². The van der Waals surface area contributed by atoms with Crippen LogP contribution in [0.25, 0.3) is 0 Å². The van der Waals surface area contributed by atoms with Crippen LogP contribution in [-0.4, -0.2) is 12.2 Å². The van der Waals surface area contributed by atoms with Crippen molar-refractivity contribution in [3.63, 3.8) is 0 Å². The van der Waals surface area contributed by atoms with Gasteiger partial charge in [-0.3, -0.25) is 0 Å². The molecule has 0 bridgehead atoms. The van der Waals surface area contributed by atoms with E-state index in [0.717, 1.165) is 15.8 Å². The molecule has 0 aromatic heterocycles. The number of nitrogens with two attached hydrogens (primary N) is 1. The van der Waals surface area contributed by atoms with Crippen molar-refractivity contribution in [3.05, 3.63) is 57.0 Å². The Hall–Kier alpha value is -1.23. The van der Waals surface area contributed by atoms with Gasteiger partial charge in [0, 0.05) is 22.7 Å². The zero-order chi connectivity index (χ0) is 14.7. The molecule has 106 valence electrons. The maximum absolute atomic E-state index is 10.3. The van der Waals surface area contributed by atoms with Crippen LogP contribution in [0.2, 0.25) is 5.02 Å². The van der Waals surface area contributed by atoms with Gasteiger partial charge in [-0.2, -0.15) is 0 Å². The van der Waals surface area contributed by atoms with Gasteiger partial charge in [0.2, 0.25) is 0 Å². The van der Waals surface area contributed by atoms with Gasteiger partial charge in [-0.1, -0.05) is 23.7 Å². The highest BCUT2D eigenvalue weighted by Gasteiger charge is 2.13. The molecular weight excluding hydrogens is 342 g/mol. The van der Waals surface area contributed by atoms with E-state index in [1.807, 2.05) is 18.2 Å².